The lowest BCUT2D eigenvalue weighted by molar-refractivity contribution is 0.189. The fourth-order valence-electron chi connectivity index (χ4n) is 2.06. The average molecular weight is 246 g/mol. The van der Waals surface area contributed by atoms with Crippen LogP contribution in [0.15, 0.2) is 30.6 Å². The minimum absolute atomic E-state index is 0.0700. The molecule has 1 aromatic carbocycles. The molecule has 1 unspecified atom stereocenters. The third-order valence-corrected chi connectivity index (χ3v) is 2.95. The van der Waals surface area contributed by atoms with Crippen LogP contribution in [0.1, 0.15) is 24.4 Å². The van der Waals surface area contributed by atoms with Crippen LogP contribution in [0.3, 0.4) is 0 Å². The summed E-state index contributed by atoms with van der Waals surface area (Å²) in [6, 6.07) is 6.04. The summed E-state index contributed by atoms with van der Waals surface area (Å²) in [7, 11) is 1.70. The number of benzene rings is 1. The molecular formula is C13H18N4O. The van der Waals surface area contributed by atoms with Gasteiger partial charge in [0.2, 0.25) is 0 Å². The number of hydrogen-bond acceptors (Lipinski definition) is 5. The number of fused-ring (bicyclic) bond motifs is 1. The van der Waals surface area contributed by atoms with Crippen molar-refractivity contribution in [1.29, 1.82) is 0 Å². The molecule has 1 atom stereocenters. The molecule has 0 aliphatic carbocycles. The first-order valence-corrected chi connectivity index (χ1v) is 6.01. The largest absolute Gasteiger partial charge is 0.385 e. The molecule has 0 saturated carbocycles. The number of methoxy groups -OCH3 is 1. The minimum atomic E-state index is 0.0700. The van der Waals surface area contributed by atoms with Crippen LogP contribution in [0.4, 0.5) is 0 Å². The highest BCUT2D eigenvalue weighted by Gasteiger charge is 2.13. The Balaban J connectivity index is 2.27. The summed E-state index contributed by atoms with van der Waals surface area (Å²) in [5, 5.41) is 0. The second-order valence-corrected chi connectivity index (χ2v) is 4.13. The Hall–Kier alpha value is -1.56. The lowest BCUT2D eigenvalue weighted by atomic mass is 10.0. The van der Waals surface area contributed by atoms with Gasteiger partial charge in [0.05, 0.1) is 11.0 Å². The molecule has 0 bridgehead atoms. The monoisotopic (exact) mass is 246 g/mol. The number of nitrogens with zero attached hydrogens (tertiary/aromatic N) is 2. The maximum absolute atomic E-state index is 5.64. The van der Waals surface area contributed by atoms with Gasteiger partial charge in [-0.15, -0.1) is 0 Å². The predicted octanol–water partition coefficient (Wildman–Crippen LogP) is 1.56. The zero-order chi connectivity index (χ0) is 12.8. The van der Waals surface area contributed by atoms with Gasteiger partial charge in [-0.2, -0.15) is 0 Å². The maximum Gasteiger partial charge on any atom is 0.0935 e. The van der Waals surface area contributed by atoms with Gasteiger partial charge in [0, 0.05) is 32.2 Å². The second-order valence-electron chi connectivity index (χ2n) is 4.13. The molecule has 5 nitrogen and oxygen atoms in total. The van der Waals surface area contributed by atoms with Crippen LogP contribution in [-0.4, -0.2) is 23.7 Å². The van der Waals surface area contributed by atoms with Gasteiger partial charge in [-0.1, -0.05) is 12.1 Å². The Morgan fingerprint density at radius 3 is 2.94 bits per heavy atom. The Bertz CT molecular complexity index is 498. The molecule has 2 rings (SSSR count). The van der Waals surface area contributed by atoms with E-state index in [2.05, 4.69) is 15.4 Å². The van der Waals surface area contributed by atoms with E-state index in [1.165, 1.54) is 0 Å². The van der Waals surface area contributed by atoms with E-state index in [0.29, 0.717) is 0 Å². The highest BCUT2D eigenvalue weighted by molar-refractivity contribution is 5.78. The molecule has 0 amide bonds. The molecule has 0 spiro atoms. The topological polar surface area (TPSA) is 73.1 Å². The Labute approximate surface area is 106 Å². The first-order chi connectivity index (χ1) is 8.86. The molecule has 5 heteroatoms. The van der Waals surface area contributed by atoms with E-state index in [4.69, 9.17) is 10.6 Å². The predicted molar refractivity (Wildman–Crippen MR) is 70.7 cm³/mol. The summed E-state index contributed by atoms with van der Waals surface area (Å²) in [6.07, 6.45) is 5.25. The van der Waals surface area contributed by atoms with Crippen molar-refractivity contribution in [1.82, 2.24) is 15.4 Å². The third kappa shape index (κ3) is 2.81. The molecule has 96 valence electrons. The average Bonchev–Trinajstić information content (AvgIpc) is 2.43. The molecule has 0 aliphatic heterocycles. The van der Waals surface area contributed by atoms with Crippen LogP contribution in [0.5, 0.6) is 0 Å². The first kappa shape index (κ1) is 12.9. The summed E-state index contributed by atoms with van der Waals surface area (Å²) in [6.45, 7) is 0.731. The number of rotatable bonds is 6. The summed E-state index contributed by atoms with van der Waals surface area (Å²) in [4.78, 5) is 8.69. The van der Waals surface area contributed by atoms with Crippen molar-refractivity contribution in [3.05, 3.63) is 36.2 Å². The number of para-hydroxylation sites is 1. The fraction of sp³-hybridized carbons (Fsp3) is 0.385. The maximum atomic E-state index is 5.64. The zero-order valence-corrected chi connectivity index (χ0v) is 10.5. The van der Waals surface area contributed by atoms with Crippen molar-refractivity contribution in [3.8, 4) is 0 Å². The van der Waals surface area contributed by atoms with E-state index >= 15 is 0 Å². The third-order valence-electron chi connectivity index (χ3n) is 2.95. The van der Waals surface area contributed by atoms with Gasteiger partial charge < -0.3 is 4.74 Å². The number of nitrogens with one attached hydrogen (secondary N) is 1. The van der Waals surface area contributed by atoms with Gasteiger partial charge in [-0.05, 0) is 24.5 Å². The van der Waals surface area contributed by atoms with Crippen molar-refractivity contribution < 1.29 is 4.74 Å². The molecule has 0 saturated heterocycles. The summed E-state index contributed by atoms with van der Waals surface area (Å²) < 4.78 is 5.06. The molecule has 0 aliphatic rings. The first-order valence-electron chi connectivity index (χ1n) is 6.01. The normalized spacial score (nSPS) is 12.8. The number of ether oxygens (including phenoxy) is 1. The second kappa shape index (κ2) is 6.39. The van der Waals surface area contributed by atoms with Crippen molar-refractivity contribution in [2.24, 2.45) is 5.84 Å². The van der Waals surface area contributed by atoms with Crippen LogP contribution in [0, 0.1) is 0 Å². The van der Waals surface area contributed by atoms with Gasteiger partial charge in [0.1, 0.15) is 0 Å². The lowest BCUT2D eigenvalue weighted by Crippen LogP contribution is -2.28. The van der Waals surface area contributed by atoms with Gasteiger partial charge in [0.25, 0.3) is 0 Å². The fourth-order valence-corrected chi connectivity index (χ4v) is 2.06. The van der Waals surface area contributed by atoms with Gasteiger partial charge >= 0.3 is 0 Å². The Morgan fingerprint density at radius 2 is 2.17 bits per heavy atom. The van der Waals surface area contributed by atoms with Crippen molar-refractivity contribution in [3.63, 3.8) is 0 Å². The smallest absolute Gasteiger partial charge is 0.0935 e. The zero-order valence-electron chi connectivity index (χ0n) is 10.5. The highest BCUT2D eigenvalue weighted by Crippen LogP contribution is 2.23. The van der Waals surface area contributed by atoms with Crippen LogP contribution >= 0.6 is 0 Å². The molecule has 18 heavy (non-hydrogen) atoms. The quantitative estimate of drug-likeness (QED) is 0.460. The number of aromatic nitrogens is 2. The van der Waals surface area contributed by atoms with E-state index in [1.807, 2.05) is 18.2 Å². The number of nitrogens with two attached hydrogens (primary N) is 1. The standard InChI is InChI=1S/C13H18N4O/c1-18-9-3-6-11(17-14)10-4-2-5-12-13(10)16-8-7-15-12/h2,4-5,7-8,11,17H,3,6,9,14H2,1H3. The van der Waals surface area contributed by atoms with Crippen LogP contribution in [0.25, 0.3) is 11.0 Å². The minimum Gasteiger partial charge on any atom is -0.385 e. The molecule has 0 radical (unpaired) electrons. The summed E-state index contributed by atoms with van der Waals surface area (Å²) in [5.74, 6) is 5.64. The molecule has 1 aromatic heterocycles. The molecular weight excluding hydrogens is 228 g/mol. The Morgan fingerprint density at radius 1 is 1.33 bits per heavy atom. The highest BCUT2D eigenvalue weighted by atomic mass is 16.5. The van der Waals surface area contributed by atoms with Crippen LogP contribution < -0.4 is 11.3 Å². The lowest BCUT2D eigenvalue weighted by Gasteiger charge is -2.17. The Kier molecular flexibility index (Phi) is 4.58. The van der Waals surface area contributed by atoms with Crippen molar-refractivity contribution in [2.45, 2.75) is 18.9 Å². The van der Waals surface area contributed by atoms with E-state index in [9.17, 15) is 0 Å². The molecule has 2 aromatic rings. The number of hydrazine groups is 1. The van der Waals surface area contributed by atoms with Crippen molar-refractivity contribution in [2.75, 3.05) is 13.7 Å². The molecule has 0 fully saturated rings. The van der Waals surface area contributed by atoms with Crippen LogP contribution in [-0.2, 0) is 4.74 Å². The van der Waals surface area contributed by atoms with Gasteiger partial charge in [0.15, 0.2) is 0 Å². The van der Waals surface area contributed by atoms with Gasteiger partial charge in [-0.3, -0.25) is 21.2 Å². The van der Waals surface area contributed by atoms with E-state index in [-0.39, 0.29) is 6.04 Å². The van der Waals surface area contributed by atoms with E-state index < -0.39 is 0 Å². The van der Waals surface area contributed by atoms with E-state index in [1.54, 1.807) is 19.5 Å². The van der Waals surface area contributed by atoms with E-state index in [0.717, 1.165) is 36.0 Å². The SMILES string of the molecule is COCCCC(NN)c1cccc2nccnc12. The number of hydrogen-bond donors (Lipinski definition) is 2. The van der Waals surface area contributed by atoms with Gasteiger partial charge in [-0.25, -0.2) is 0 Å². The molecule has 1 heterocycles. The summed E-state index contributed by atoms with van der Waals surface area (Å²) >= 11 is 0. The van der Waals surface area contributed by atoms with Crippen LogP contribution in [0.2, 0.25) is 0 Å². The van der Waals surface area contributed by atoms with Crippen molar-refractivity contribution >= 4 is 11.0 Å². The molecule has 3 N–H and O–H groups in total. The summed E-state index contributed by atoms with van der Waals surface area (Å²) in [5.41, 5.74) is 5.72.